The molecule has 5 nitrogen and oxygen atoms in total. The number of rotatable bonds is 1. The lowest BCUT2D eigenvalue weighted by Gasteiger charge is -1.94. The number of aromatic carboxylic acids is 1. The third kappa shape index (κ3) is 0.990. The molecule has 0 amide bonds. The molecule has 1 aromatic carbocycles. The first-order valence-corrected chi connectivity index (χ1v) is 4.00. The third-order valence-corrected chi connectivity index (χ3v) is 2.12. The zero-order valence-electron chi connectivity index (χ0n) is 7.24. The van der Waals surface area contributed by atoms with Gasteiger partial charge in [0.2, 0.25) is 0 Å². The minimum Gasteiger partial charge on any atom is -0.477 e. The van der Waals surface area contributed by atoms with Crippen LogP contribution in [-0.4, -0.2) is 16.1 Å². The molecule has 0 saturated heterocycles. The summed E-state index contributed by atoms with van der Waals surface area (Å²) in [6.07, 6.45) is 0. The molecule has 0 atom stereocenters. The molecule has 2 aromatic rings. The van der Waals surface area contributed by atoms with Crippen LogP contribution >= 0.6 is 0 Å². The van der Waals surface area contributed by atoms with Crippen molar-refractivity contribution in [2.24, 2.45) is 0 Å². The Morgan fingerprint density at radius 2 is 2.07 bits per heavy atom. The van der Waals surface area contributed by atoms with Crippen molar-refractivity contribution < 1.29 is 9.90 Å². The predicted octanol–water partition coefficient (Wildman–Crippen LogP) is 1.03. The Hall–Kier alpha value is -2.17. The van der Waals surface area contributed by atoms with Gasteiger partial charge in [0.15, 0.2) is 0 Å². The fourth-order valence-corrected chi connectivity index (χ4v) is 1.43. The number of aromatic nitrogens is 1. The van der Waals surface area contributed by atoms with Crippen molar-refractivity contribution in [3.8, 4) is 0 Å². The molecule has 2 rings (SSSR count). The Bertz CT molecular complexity index is 516. The minimum atomic E-state index is -1.09. The van der Waals surface area contributed by atoms with Crippen molar-refractivity contribution in [1.82, 2.24) is 4.98 Å². The molecule has 0 aliphatic rings. The van der Waals surface area contributed by atoms with Gasteiger partial charge in [0.05, 0.1) is 16.9 Å². The topological polar surface area (TPSA) is 105 Å². The summed E-state index contributed by atoms with van der Waals surface area (Å²) in [7, 11) is 0. The van der Waals surface area contributed by atoms with Gasteiger partial charge in [0, 0.05) is 5.39 Å². The monoisotopic (exact) mass is 191 g/mol. The number of aromatic amines is 1. The molecule has 0 aliphatic carbocycles. The number of carboxylic acids is 1. The summed E-state index contributed by atoms with van der Waals surface area (Å²) in [4.78, 5) is 13.4. The van der Waals surface area contributed by atoms with Crippen molar-refractivity contribution in [3.63, 3.8) is 0 Å². The van der Waals surface area contributed by atoms with E-state index in [1.165, 1.54) is 0 Å². The van der Waals surface area contributed by atoms with E-state index in [9.17, 15) is 4.79 Å². The highest BCUT2D eigenvalue weighted by atomic mass is 16.4. The van der Waals surface area contributed by atoms with Crippen molar-refractivity contribution >= 4 is 28.2 Å². The van der Waals surface area contributed by atoms with Crippen LogP contribution in [0.2, 0.25) is 0 Å². The first-order valence-electron chi connectivity index (χ1n) is 4.00. The predicted molar refractivity (Wildman–Crippen MR) is 54.1 cm³/mol. The standard InChI is InChI=1S/C9H9N3O2/c10-5-3-1-2-4-6(11)8(9(13)14)12-7(4)5/h1-3,12H,10-11H2,(H,13,14). The number of hydrogen-bond acceptors (Lipinski definition) is 3. The fraction of sp³-hybridized carbons (Fsp3) is 0. The summed E-state index contributed by atoms with van der Waals surface area (Å²) in [6.45, 7) is 0. The number of carbonyl (C=O) groups is 1. The Kier molecular flexibility index (Phi) is 1.60. The number of carboxylic acid groups (broad SMARTS) is 1. The molecule has 0 aliphatic heterocycles. The highest BCUT2D eigenvalue weighted by Gasteiger charge is 2.14. The van der Waals surface area contributed by atoms with E-state index in [0.29, 0.717) is 16.6 Å². The molecule has 0 unspecified atom stereocenters. The van der Waals surface area contributed by atoms with Crippen molar-refractivity contribution in [2.75, 3.05) is 11.5 Å². The minimum absolute atomic E-state index is 0.0158. The number of benzene rings is 1. The van der Waals surface area contributed by atoms with Gasteiger partial charge < -0.3 is 21.6 Å². The van der Waals surface area contributed by atoms with Gasteiger partial charge in [-0.2, -0.15) is 0 Å². The number of hydrogen-bond donors (Lipinski definition) is 4. The van der Waals surface area contributed by atoms with Crippen molar-refractivity contribution in [2.45, 2.75) is 0 Å². The van der Waals surface area contributed by atoms with E-state index in [1.54, 1.807) is 18.2 Å². The van der Waals surface area contributed by atoms with Crippen LogP contribution in [0.15, 0.2) is 18.2 Å². The molecule has 6 N–H and O–H groups in total. The first-order chi connectivity index (χ1) is 6.61. The van der Waals surface area contributed by atoms with Crippen LogP contribution in [0, 0.1) is 0 Å². The van der Waals surface area contributed by atoms with E-state index in [-0.39, 0.29) is 11.4 Å². The van der Waals surface area contributed by atoms with Crippen LogP contribution in [0.4, 0.5) is 11.4 Å². The Morgan fingerprint density at radius 1 is 1.36 bits per heavy atom. The van der Waals surface area contributed by atoms with E-state index in [4.69, 9.17) is 16.6 Å². The maximum absolute atomic E-state index is 10.8. The second-order valence-corrected chi connectivity index (χ2v) is 2.99. The lowest BCUT2D eigenvalue weighted by Crippen LogP contribution is -2.00. The molecule has 0 fully saturated rings. The maximum Gasteiger partial charge on any atom is 0.354 e. The van der Waals surface area contributed by atoms with E-state index in [2.05, 4.69) is 4.98 Å². The second kappa shape index (κ2) is 2.66. The Labute approximate surface area is 79.3 Å². The number of nitrogens with one attached hydrogen (secondary N) is 1. The number of H-pyrrole nitrogens is 1. The number of nitrogens with two attached hydrogens (primary N) is 2. The molecule has 14 heavy (non-hydrogen) atoms. The third-order valence-electron chi connectivity index (χ3n) is 2.12. The SMILES string of the molecule is Nc1c(C(=O)O)[nH]c2c(N)cccc12. The lowest BCUT2D eigenvalue weighted by molar-refractivity contribution is 0.0693. The van der Waals surface area contributed by atoms with Crippen LogP contribution < -0.4 is 11.5 Å². The van der Waals surface area contributed by atoms with Crippen LogP contribution in [0.25, 0.3) is 10.9 Å². The average Bonchev–Trinajstić information content (AvgIpc) is 2.46. The fourth-order valence-electron chi connectivity index (χ4n) is 1.43. The van der Waals surface area contributed by atoms with E-state index >= 15 is 0 Å². The molecule has 0 bridgehead atoms. The molecule has 1 aromatic heterocycles. The van der Waals surface area contributed by atoms with Crippen LogP contribution in [0.5, 0.6) is 0 Å². The van der Waals surface area contributed by atoms with Gasteiger partial charge in [-0.3, -0.25) is 0 Å². The van der Waals surface area contributed by atoms with Gasteiger partial charge in [-0.25, -0.2) is 4.79 Å². The Morgan fingerprint density at radius 3 is 2.64 bits per heavy atom. The lowest BCUT2D eigenvalue weighted by atomic mass is 10.2. The molecule has 1 heterocycles. The molecule has 5 heteroatoms. The molecule has 0 saturated carbocycles. The van der Waals surface area contributed by atoms with Crippen molar-refractivity contribution in [1.29, 1.82) is 0 Å². The van der Waals surface area contributed by atoms with Gasteiger partial charge >= 0.3 is 5.97 Å². The second-order valence-electron chi connectivity index (χ2n) is 2.99. The number of anilines is 2. The zero-order valence-corrected chi connectivity index (χ0v) is 7.24. The highest BCUT2D eigenvalue weighted by Crippen LogP contribution is 2.28. The molecule has 72 valence electrons. The van der Waals surface area contributed by atoms with Crippen LogP contribution in [-0.2, 0) is 0 Å². The van der Waals surface area contributed by atoms with Gasteiger partial charge in [-0.1, -0.05) is 12.1 Å². The Balaban J connectivity index is 2.86. The largest absolute Gasteiger partial charge is 0.477 e. The maximum atomic E-state index is 10.8. The van der Waals surface area contributed by atoms with E-state index < -0.39 is 5.97 Å². The molecular weight excluding hydrogens is 182 g/mol. The van der Waals surface area contributed by atoms with Crippen LogP contribution in [0.1, 0.15) is 10.5 Å². The first kappa shape index (κ1) is 8.43. The molecule has 0 radical (unpaired) electrons. The van der Waals surface area contributed by atoms with Gasteiger partial charge in [-0.15, -0.1) is 0 Å². The summed E-state index contributed by atoms with van der Waals surface area (Å²) in [5, 5.41) is 9.45. The number of nitrogen functional groups attached to an aromatic ring is 2. The summed E-state index contributed by atoms with van der Waals surface area (Å²) in [5.74, 6) is -1.09. The van der Waals surface area contributed by atoms with Crippen molar-refractivity contribution in [3.05, 3.63) is 23.9 Å². The zero-order chi connectivity index (χ0) is 10.3. The summed E-state index contributed by atoms with van der Waals surface area (Å²) >= 11 is 0. The molecule has 0 spiro atoms. The molecular formula is C9H9N3O2. The number of para-hydroxylation sites is 1. The van der Waals surface area contributed by atoms with E-state index in [1.807, 2.05) is 0 Å². The summed E-state index contributed by atoms with van der Waals surface area (Å²) in [6, 6.07) is 5.14. The van der Waals surface area contributed by atoms with E-state index in [0.717, 1.165) is 0 Å². The average molecular weight is 191 g/mol. The van der Waals surface area contributed by atoms with Gasteiger partial charge in [0.25, 0.3) is 0 Å². The summed E-state index contributed by atoms with van der Waals surface area (Å²) < 4.78 is 0. The normalized spacial score (nSPS) is 10.6. The highest BCUT2D eigenvalue weighted by molar-refractivity contribution is 6.07. The van der Waals surface area contributed by atoms with Gasteiger partial charge in [-0.05, 0) is 6.07 Å². The number of fused-ring (bicyclic) bond motifs is 1. The quantitative estimate of drug-likeness (QED) is 0.505. The van der Waals surface area contributed by atoms with Crippen LogP contribution in [0.3, 0.4) is 0 Å². The van der Waals surface area contributed by atoms with Gasteiger partial charge in [0.1, 0.15) is 5.69 Å². The summed E-state index contributed by atoms with van der Waals surface area (Å²) in [5.41, 5.74) is 12.6. The smallest absolute Gasteiger partial charge is 0.354 e.